The second-order valence-electron chi connectivity index (χ2n) is 14.1. The van der Waals surface area contributed by atoms with E-state index in [2.05, 4.69) is 16.6 Å². The first-order valence-corrected chi connectivity index (χ1v) is 17.5. The number of rotatable bonds is 20. The van der Waals surface area contributed by atoms with Crippen LogP contribution in [0.15, 0.2) is 30.3 Å². The predicted octanol–water partition coefficient (Wildman–Crippen LogP) is 4.31. The molecule has 3 amide bonds. The highest BCUT2D eigenvalue weighted by molar-refractivity contribution is 5.91. The number of hydrogen-bond donors (Lipinski definition) is 4. The lowest BCUT2D eigenvalue weighted by Crippen LogP contribution is -2.56. The number of nitrogens with one attached hydrogen (secondary N) is 2. The lowest BCUT2D eigenvalue weighted by atomic mass is 9.82. The lowest BCUT2D eigenvalue weighted by molar-refractivity contribution is -0.144. The van der Waals surface area contributed by atoms with Gasteiger partial charge in [-0.1, -0.05) is 76.3 Å². The van der Waals surface area contributed by atoms with Crippen LogP contribution >= 0.6 is 0 Å². The van der Waals surface area contributed by atoms with Gasteiger partial charge in [0.15, 0.2) is 0 Å². The van der Waals surface area contributed by atoms with Crippen LogP contribution in [0.4, 0.5) is 13.2 Å². The molecule has 1 aromatic carbocycles. The standard InChI is InChI=1S/C37H57F3N4O5/c1-6-7-18-30(36(49)42-31(23-28-16-12-9-13-17-28)34(47)32(45)21-26(2)3)41-35(48)29(22-27-14-10-8-11-15-27)24-33(46)44(5)20-19-43(4)25-37(38,39)40/h1,8,10-11,14-15,26,28-32,34,45,47H,7,9,12-13,16-25H2,2-5H3,(H,41,48)(H,42,49)/t29-,30+,31+,32+,34-/m1/s1. The van der Waals surface area contributed by atoms with Gasteiger partial charge in [-0.2, -0.15) is 13.2 Å². The van der Waals surface area contributed by atoms with Gasteiger partial charge in [0.25, 0.3) is 0 Å². The van der Waals surface area contributed by atoms with Gasteiger partial charge in [-0.05, 0) is 50.1 Å². The highest BCUT2D eigenvalue weighted by atomic mass is 19.4. The Balaban J connectivity index is 2.23. The molecular weight excluding hydrogens is 637 g/mol. The minimum atomic E-state index is -4.36. The zero-order valence-corrected chi connectivity index (χ0v) is 29.6. The van der Waals surface area contributed by atoms with Crippen LogP contribution in [0, 0.1) is 30.1 Å². The largest absolute Gasteiger partial charge is 0.401 e. The number of alkyl halides is 3. The zero-order chi connectivity index (χ0) is 36.6. The second kappa shape index (κ2) is 21.2. The van der Waals surface area contributed by atoms with Crippen LogP contribution in [0.5, 0.6) is 0 Å². The number of hydrogen-bond acceptors (Lipinski definition) is 6. The molecule has 49 heavy (non-hydrogen) atoms. The Morgan fingerprint density at radius 1 is 1.00 bits per heavy atom. The maximum absolute atomic E-state index is 13.8. The summed E-state index contributed by atoms with van der Waals surface area (Å²) in [5.74, 6) is 0.535. The predicted molar refractivity (Wildman–Crippen MR) is 184 cm³/mol. The molecule has 2 rings (SSSR count). The van der Waals surface area contributed by atoms with Crippen molar-refractivity contribution in [2.75, 3.05) is 33.7 Å². The van der Waals surface area contributed by atoms with E-state index in [0.717, 1.165) is 42.6 Å². The third-order valence-corrected chi connectivity index (χ3v) is 9.18. The van der Waals surface area contributed by atoms with Crippen molar-refractivity contribution in [1.29, 1.82) is 0 Å². The third-order valence-electron chi connectivity index (χ3n) is 9.18. The molecule has 12 heteroatoms. The number of likely N-dealkylation sites (N-methyl/N-ethyl adjacent to an activating group) is 2. The van der Waals surface area contributed by atoms with E-state index in [1.54, 1.807) is 0 Å². The summed E-state index contributed by atoms with van der Waals surface area (Å²) in [5.41, 5.74) is 0.794. The molecule has 1 aromatic rings. The number of carbonyl (C=O) groups is 3. The van der Waals surface area contributed by atoms with Gasteiger partial charge < -0.3 is 25.7 Å². The van der Waals surface area contributed by atoms with Gasteiger partial charge in [-0.15, -0.1) is 12.3 Å². The van der Waals surface area contributed by atoms with E-state index < -0.39 is 60.7 Å². The fourth-order valence-electron chi connectivity index (χ4n) is 6.38. The molecule has 276 valence electrons. The first-order valence-electron chi connectivity index (χ1n) is 17.5. The molecule has 0 saturated heterocycles. The zero-order valence-electron chi connectivity index (χ0n) is 29.6. The minimum absolute atomic E-state index is 0.00856. The minimum Gasteiger partial charge on any atom is -0.390 e. The van der Waals surface area contributed by atoms with Crippen molar-refractivity contribution in [1.82, 2.24) is 20.4 Å². The molecule has 0 aliphatic heterocycles. The molecule has 1 saturated carbocycles. The Labute approximate surface area is 290 Å². The number of benzene rings is 1. The molecule has 5 atom stereocenters. The van der Waals surface area contributed by atoms with Crippen molar-refractivity contribution in [3.05, 3.63) is 35.9 Å². The summed E-state index contributed by atoms with van der Waals surface area (Å²) in [6.45, 7) is 2.80. The number of amides is 3. The van der Waals surface area contributed by atoms with E-state index in [-0.39, 0.29) is 50.6 Å². The fraction of sp³-hybridized carbons (Fsp3) is 0.703. The molecule has 9 nitrogen and oxygen atoms in total. The third kappa shape index (κ3) is 16.4. The summed E-state index contributed by atoms with van der Waals surface area (Å²) in [7, 11) is 2.80. The maximum atomic E-state index is 13.8. The van der Waals surface area contributed by atoms with E-state index >= 15 is 0 Å². The average Bonchev–Trinajstić information content (AvgIpc) is 3.04. The van der Waals surface area contributed by atoms with Crippen LogP contribution in [-0.4, -0.2) is 102 Å². The Kier molecular flexibility index (Phi) is 18.2. The van der Waals surface area contributed by atoms with Crippen LogP contribution in [-0.2, 0) is 20.8 Å². The average molecular weight is 695 g/mol. The van der Waals surface area contributed by atoms with E-state index in [1.807, 2.05) is 44.2 Å². The monoisotopic (exact) mass is 694 g/mol. The quantitative estimate of drug-likeness (QED) is 0.151. The summed E-state index contributed by atoms with van der Waals surface area (Å²) in [4.78, 5) is 43.3. The van der Waals surface area contributed by atoms with Crippen molar-refractivity contribution < 1.29 is 37.8 Å². The van der Waals surface area contributed by atoms with Gasteiger partial charge in [-0.25, -0.2) is 0 Å². The highest BCUT2D eigenvalue weighted by Crippen LogP contribution is 2.29. The summed E-state index contributed by atoms with van der Waals surface area (Å²) >= 11 is 0. The van der Waals surface area contributed by atoms with Gasteiger partial charge in [0.05, 0.1) is 24.6 Å². The first kappa shape index (κ1) is 42.0. The molecule has 0 radical (unpaired) electrons. The molecule has 0 aromatic heterocycles. The smallest absolute Gasteiger partial charge is 0.390 e. The van der Waals surface area contributed by atoms with E-state index in [4.69, 9.17) is 6.42 Å². The molecule has 1 aliphatic rings. The van der Waals surface area contributed by atoms with Gasteiger partial charge in [0.1, 0.15) is 12.1 Å². The van der Waals surface area contributed by atoms with Crippen LogP contribution < -0.4 is 10.6 Å². The van der Waals surface area contributed by atoms with Crippen molar-refractivity contribution in [2.24, 2.45) is 17.8 Å². The second-order valence-corrected chi connectivity index (χ2v) is 14.1. The maximum Gasteiger partial charge on any atom is 0.401 e. The van der Waals surface area contributed by atoms with Crippen LogP contribution in [0.1, 0.15) is 83.6 Å². The number of terminal acetylenes is 1. The van der Waals surface area contributed by atoms with Crippen LogP contribution in [0.2, 0.25) is 0 Å². The number of halogens is 3. The highest BCUT2D eigenvalue weighted by Gasteiger charge is 2.34. The molecule has 4 N–H and O–H groups in total. The summed E-state index contributed by atoms with van der Waals surface area (Å²) in [5, 5.41) is 27.7. The van der Waals surface area contributed by atoms with E-state index in [1.165, 1.54) is 19.0 Å². The van der Waals surface area contributed by atoms with Crippen LogP contribution in [0.25, 0.3) is 0 Å². The Morgan fingerprint density at radius 2 is 1.65 bits per heavy atom. The van der Waals surface area contributed by atoms with Gasteiger partial charge in [-0.3, -0.25) is 19.3 Å². The fourth-order valence-corrected chi connectivity index (χ4v) is 6.38. The Morgan fingerprint density at radius 3 is 2.24 bits per heavy atom. The molecule has 0 heterocycles. The van der Waals surface area contributed by atoms with Crippen molar-refractivity contribution in [3.63, 3.8) is 0 Å². The number of aliphatic hydroxyl groups is 2. The molecule has 0 spiro atoms. The molecule has 1 fully saturated rings. The number of aliphatic hydroxyl groups excluding tert-OH is 2. The van der Waals surface area contributed by atoms with Crippen LogP contribution in [0.3, 0.4) is 0 Å². The molecule has 0 bridgehead atoms. The molecular formula is C37H57F3N4O5. The van der Waals surface area contributed by atoms with E-state index in [9.17, 15) is 37.8 Å². The first-order chi connectivity index (χ1) is 23.1. The Hall–Kier alpha value is -3.14. The number of nitrogens with zero attached hydrogens (tertiary/aromatic N) is 2. The van der Waals surface area contributed by atoms with Crippen molar-refractivity contribution >= 4 is 17.7 Å². The normalized spacial score (nSPS) is 17.1. The summed E-state index contributed by atoms with van der Waals surface area (Å²) < 4.78 is 38.3. The number of carbonyl (C=O) groups excluding carboxylic acids is 3. The lowest BCUT2D eigenvalue weighted by Gasteiger charge is -2.34. The SMILES string of the molecule is C#CCC[C@H](NC(=O)[C@@H](CC(=O)N(C)CCN(C)CC(F)(F)F)Cc1ccccc1)C(=O)N[C@@H](CC1CCCCC1)[C@@H](O)[C@@H](O)CC(C)C. The molecule has 0 unspecified atom stereocenters. The molecule has 1 aliphatic carbocycles. The Bertz CT molecular complexity index is 1190. The van der Waals surface area contributed by atoms with Crippen molar-refractivity contribution in [3.8, 4) is 12.3 Å². The van der Waals surface area contributed by atoms with Gasteiger partial charge >= 0.3 is 6.18 Å². The van der Waals surface area contributed by atoms with E-state index in [0.29, 0.717) is 12.8 Å². The van der Waals surface area contributed by atoms with Gasteiger partial charge in [0.2, 0.25) is 17.7 Å². The van der Waals surface area contributed by atoms with Gasteiger partial charge in [0, 0.05) is 33.0 Å². The van der Waals surface area contributed by atoms with Crippen molar-refractivity contribution in [2.45, 2.75) is 115 Å². The summed E-state index contributed by atoms with van der Waals surface area (Å²) in [6.07, 6.45) is 5.25. The topological polar surface area (TPSA) is 122 Å². The summed E-state index contributed by atoms with van der Waals surface area (Å²) in [6, 6.07) is 7.29.